The zero-order valence-electron chi connectivity index (χ0n) is 13.5. The smallest absolute Gasteiger partial charge is 0.0525 e. The van der Waals surface area contributed by atoms with Gasteiger partial charge in [-0.2, -0.15) is 0 Å². The second-order valence-corrected chi connectivity index (χ2v) is 6.83. The van der Waals surface area contributed by atoms with Crippen LogP contribution < -0.4 is 0 Å². The predicted octanol–water partition coefficient (Wildman–Crippen LogP) is 5.56. The first-order valence-corrected chi connectivity index (χ1v) is 8.79. The molecular formula is C22H23N. The van der Waals surface area contributed by atoms with E-state index >= 15 is 0 Å². The summed E-state index contributed by atoms with van der Waals surface area (Å²) in [6, 6.07) is 19.8. The van der Waals surface area contributed by atoms with E-state index < -0.39 is 0 Å². The topological polar surface area (TPSA) is 12.9 Å². The van der Waals surface area contributed by atoms with Gasteiger partial charge in [0.2, 0.25) is 0 Å². The highest BCUT2D eigenvalue weighted by Gasteiger charge is 2.15. The summed E-state index contributed by atoms with van der Waals surface area (Å²) in [5.74, 6) is 0.917. The van der Waals surface area contributed by atoms with Crippen LogP contribution in [-0.4, -0.2) is 4.98 Å². The summed E-state index contributed by atoms with van der Waals surface area (Å²) >= 11 is 0. The van der Waals surface area contributed by atoms with Gasteiger partial charge >= 0.3 is 0 Å². The van der Waals surface area contributed by atoms with Crippen molar-refractivity contribution in [2.45, 2.75) is 38.5 Å². The van der Waals surface area contributed by atoms with Gasteiger partial charge in [-0.25, -0.2) is 0 Å². The van der Waals surface area contributed by atoms with E-state index in [0.29, 0.717) is 0 Å². The highest BCUT2D eigenvalue weighted by atomic mass is 14.7. The molecule has 1 heterocycles. The fourth-order valence-electron chi connectivity index (χ4n) is 3.86. The number of fused-ring (bicyclic) bond motifs is 1. The molecule has 1 fully saturated rings. The molecule has 1 saturated carbocycles. The highest BCUT2D eigenvalue weighted by molar-refractivity contribution is 5.84. The van der Waals surface area contributed by atoms with Crippen LogP contribution in [0.4, 0.5) is 0 Å². The molecule has 0 unspecified atom stereocenters. The molecule has 0 amide bonds. The maximum Gasteiger partial charge on any atom is 0.0525 e. The second-order valence-electron chi connectivity index (χ2n) is 6.83. The molecule has 0 saturated heterocycles. The molecule has 1 nitrogen and oxygen atoms in total. The third kappa shape index (κ3) is 3.29. The average Bonchev–Trinajstić information content (AvgIpc) is 3.10. The molecule has 3 aromatic rings. The zero-order chi connectivity index (χ0) is 15.5. The molecule has 1 aliphatic carbocycles. The monoisotopic (exact) mass is 301 g/mol. The molecule has 0 spiro atoms. The van der Waals surface area contributed by atoms with Gasteiger partial charge in [0.15, 0.2) is 0 Å². The average molecular weight is 301 g/mol. The lowest BCUT2D eigenvalue weighted by Crippen LogP contribution is -1.99. The van der Waals surface area contributed by atoms with Crippen molar-refractivity contribution in [2.75, 3.05) is 0 Å². The van der Waals surface area contributed by atoms with Crippen LogP contribution in [0.1, 0.15) is 42.5 Å². The molecule has 4 rings (SSSR count). The summed E-state index contributed by atoms with van der Waals surface area (Å²) in [4.78, 5) is 4.61. The van der Waals surface area contributed by atoms with E-state index in [4.69, 9.17) is 0 Å². The van der Waals surface area contributed by atoms with E-state index in [1.165, 1.54) is 59.7 Å². The minimum Gasteiger partial charge on any atom is -0.260 e. The minimum absolute atomic E-state index is 0.908. The molecule has 2 aromatic carbocycles. The Morgan fingerprint density at radius 3 is 2.39 bits per heavy atom. The number of benzene rings is 2. The van der Waals surface area contributed by atoms with Crippen molar-refractivity contribution in [2.24, 2.45) is 5.92 Å². The Kier molecular flexibility index (Phi) is 4.10. The first-order chi connectivity index (χ1) is 11.4. The Balaban J connectivity index is 1.51. The van der Waals surface area contributed by atoms with Crippen LogP contribution in [0.2, 0.25) is 0 Å². The molecule has 0 N–H and O–H groups in total. The number of hydrogen-bond acceptors (Lipinski definition) is 1. The fraction of sp³-hybridized carbons (Fsp3) is 0.318. The molecule has 1 heteroatoms. The van der Waals surface area contributed by atoms with Gasteiger partial charge in [-0.05, 0) is 34.9 Å². The molecule has 0 radical (unpaired) electrons. The number of rotatable bonds is 4. The van der Waals surface area contributed by atoms with Crippen LogP contribution in [0, 0.1) is 5.92 Å². The van der Waals surface area contributed by atoms with Gasteiger partial charge in [0.25, 0.3) is 0 Å². The first kappa shape index (κ1) is 14.4. The van der Waals surface area contributed by atoms with Crippen molar-refractivity contribution in [1.29, 1.82) is 0 Å². The van der Waals surface area contributed by atoms with Crippen molar-refractivity contribution in [3.63, 3.8) is 0 Å². The molecule has 0 aliphatic heterocycles. The maximum atomic E-state index is 4.61. The van der Waals surface area contributed by atoms with Gasteiger partial charge in [0.1, 0.15) is 0 Å². The number of pyridine rings is 1. The summed E-state index contributed by atoms with van der Waals surface area (Å²) in [6.07, 6.45) is 9.78. The Hall–Kier alpha value is -2.15. The van der Waals surface area contributed by atoms with Crippen LogP contribution in [0.25, 0.3) is 10.8 Å². The third-order valence-electron chi connectivity index (χ3n) is 5.15. The van der Waals surface area contributed by atoms with Gasteiger partial charge in [0.05, 0.1) is 5.69 Å². The molecule has 23 heavy (non-hydrogen) atoms. The summed E-state index contributed by atoms with van der Waals surface area (Å²) in [5, 5.41) is 2.54. The second kappa shape index (κ2) is 6.54. The van der Waals surface area contributed by atoms with Crippen molar-refractivity contribution in [3.05, 3.63) is 77.6 Å². The first-order valence-electron chi connectivity index (χ1n) is 8.79. The van der Waals surface area contributed by atoms with Gasteiger partial charge in [-0.15, -0.1) is 0 Å². The summed E-state index contributed by atoms with van der Waals surface area (Å²) in [7, 11) is 0. The van der Waals surface area contributed by atoms with Crippen molar-refractivity contribution in [1.82, 2.24) is 4.98 Å². The zero-order valence-corrected chi connectivity index (χ0v) is 13.5. The Bertz CT molecular complexity index is 777. The Labute approximate surface area is 138 Å². The SMILES string of the molecule is c1ccc2c(Cc3ccc(CC4CCCC4)cc3)nccc2c1. The number of nitrogens with zero attached hydrogens (tertiary/aromatic N) is 1. The summed E-state index contributed by atoms with van der Waals surface area (Å²) in [6.45, 7) is 0. The fourth-order valence-corrected chi connectivity index (χ4v) is 3.86. The molecule has 1 aromatic heterocycles. The van der Waals surface area contributed by atoms with Gasteiger partial charge in [-0.3, -0.25) is 4.98 Å². The molecule has 1 aliphatic rings. The van der Waals surface area contributed by atoms with Crippen molar-refractivity contribution >= 4 is 10.8 Å². The normalized spacial score (nSPS) is 15.3. The standard InChI is InChI=1S/C22H23N/c1-2-6-17(5-1)15-18-9-11-19(12-10-18)16-22-21-8-4-3-7-20(21)13-14-23-22/h3-4,7-14,17H,1-2,5-6,15-16H2. The van der Waals surface area contributed by atoms with E-state index in [0.717, 1.165) is 12.3 Å². The quantitative estimate of drug-likeness (QED) is 0.615. The largest absolute Gasteiger partial charge is 0.260 e. The lowest BCUT2D eigenvalue weighted by molar-refractivity contribution is 0.546. The molecular weight excluding hydrogens is 278 g/mol. The molecule has 0 atom stereocenters. The van der Waals surface area contributed by atoms with E-state index in [1.54, 1.807) is 0 Å². The highest BCUT2D eigenvalue weighted by Crippen LogP contribution is 2.28. The Morgan fingerprint density at radius 1 is 0.826 bits per heavy atom. The Morgan fingerprint density at radius 2 is 1.57 bits per heavy atom. The molecule has 116 valence electrons. The number of aromatic nitrogens is 1. The molecule has 0 bridgehead atoms. The maximum absolute atomic E-state index is 4.61. The van der Waals surface area contributed by atoms with Crippen LogP contribution in [-0.2, 0) is 12.8 Å². The van der Waals surface area contributed by atoms with Crippen LogP contribution in [0.3, 0.4) is 0 Å². The van der Waals surface area contributed by atoms with Crippen molar-refractivity contribution < 1.29 is 0 Å². The summed E-state index contributed by atoms with van der Waals surface area (Å²) in [5.41, 5.74) is 4.02. The van der Waals surface area contributed by atoms with E-state index in [1.807, 2.05) is 6.20 Å². The lowest BCUT2D eigenvalue weighted by Gasteiger charge is -2.10. The van der Waals surface area contributed by atoms with E-state index in [-0.39, 0.29) is 0 Å². The van der Waals surface area contributed by atoms with Crippen LogP contribution >= 0.6 is 0 Å². The van der Waals surface area contributed by atoms with Crippen LogP contribution in [0.5, 0.6) is 0 Å². The van der Waals surface area contributed by atoms with Crippen molar-refractivity contribution in [3.8, 4) is 0 Å². The van der Waals surface area contributed by atoms with Gasteiger partial charge in [-0.1, -0.05) is 74.2 Å². The summed E-state index contributed by atoms with van der Waals surface area (Å²) < 4.78 is 0. The number of hydrogen-bond donors (Lipinski definition) is 0. The van der Waals surface area contributed by atoms with Gasteiger partial charge < -0.3 is 0 Å². The van der Waals surface area contributed by atoms with E-state index in [2.05, 4.69) is 59.6 Å². The van der Waals surface area contributed by atoms with Crippen LogP contribution in [0.15, 0.2) is 60.8 Å². The predicted molar refractivity (Wildman–Crippen MR) is 96.7 cm³/mol. The van der Waals surface area contributed by atoms with Gasteiger partial charge in [0, 0.05) is 18.0 Å². The van der Waals surface area contributed by atoms with E-state index in [9.17, 15) is 0 Å². The lowest BCUT2D eigenvalue weighted by atomic mass is 9.96. The third-order valence-corrected chi connectivity index (χ3v) is 5.15. The minimum atomic E-state index is 0.908.